The standard InChI is InChI=1S/CH2F3N.H2O3S/c2-1(3,4)5;1-4(2)3/h5H2;(H2,1,2,3). The zero-order chi connectivity index (χ0) is 8.08. The molecule has 8 heteroatoms. The van der Waals surface area contributed by atoms with Crippen LogP contribution in [-0.2, 0) is 11.4 Å². The molecule has 0 aliphatic carbocycles. The van der Waals surface area contributed by atoms with Gasteiger partial charge in [-0.2, -0.15) is 17.4 Å². The number of hydrogen-bond donors (Lipinski definition) is 3. The Balaban J connectivity index is 0. The van der Waals surface area contributed by atoms with Gasteiger partial charge in [-0.25, -0.2) is 5.73 Å². The van der Waals surface area contributed by atoms with Gasteiger partial charge in [-0.15, -0.1) is 0 Å². The van der Waals surface area contributed by atoms with Gasteiger partial charge in [0, 0.05) is 0 Å². The lowest BCUT2D eigenvalue weighted by Crippen LogP contribution is -2.20. The molecular formula is CH4F3NO3S. The average Bonchev–Trinajstić information content (AvgIpc) is 1.19. The van der Waals surface area contributed by atoms with Crippen LogP contribution in [0.15, 0.2) is 0 Å². The molecule has 0 aromatic carbocycles. The Morgan fingerprint density at radius 1 is 1.33 bits per heavy atom. The zero-order valence-electron chi connectivity index (χ0n) is 3.92. The summed E-state index contributed by atoms with van der Waals surface area (Å²) in [4.78, 5) is 0. The molecule has 0 radical (unpaired) electrons. The van der Waals surface area contributed by atoms with Crippen molar-refractivity contribution in [3.05, 3.63) is 0 Å². The molecule has 0 fully saturated rings. The fourth-order valence-corrected chi connectivity index (χ4v) is 0. The summed E-state index contributed by atoms with van der Waals surface area (Å²) in [6.45, 7) is 0. The minimum absolute atomic E-state index is 2.61. The summed E-state index contributed by atoms with van der Waals surface area (Å²) in [6.07, 6.45) is -4.50. The first-order valence-electron chi connectivity index (χ1n) is 1.39. The van der Waals surface area contributed by atoms with E-state index < -0.39 is 17.7 Å². The Bertz CT molecular complexity index is 81.5. The zero-order valence-corrected chi connectivity index (χ0v) is 4.74. The van der Waals surface area contributed by atoms with E-state index in [2.05, 4.69) is 5.73 Å². The normalized spacial score (nSPS) is 10.6. The SMILES string of the molecule is NC(F)(F)F.O=S(O)O. The van der Waals surface area contributed by atoms with Crippen molar-refractivity contribution in [2.45, 2.75) is 6.30 Å². The van der Waals surface area contributed by atoms with Crippen molar-refractivity contribution in [3.63, 3.8) is 0 Å². The van der Waals surface area contributed by atoms with E-state index >= 15 is 0 Å². The van der Waals surface area contributed by atoms with E-state index in [1.54, 1.807) is 0 Å². The Morgan fingerprint density at radius 2 is 1.33 bits per heavy atom. The Morgan fingerprint density at radius 3 is 1.33 bits per heavy atom. The third kappa shape index (κ3) is 8180. The largest absolute Gasteiger partial charge is 0.454 e. The summed E-state index contributed by atoms with van der Waals surface area (Å²) < 4.78 is 53.2. The monoisotopic (exact) mass is 167 g/mol. The van der Waals surface area contributed by atoms with Crippen LogP contribution in [0.5, 0.6) is 0 Å². The lowest BCUT2D eigenvalue weighted by Gasteiger charge is -1.89. The van der Waals surface area contributed by atoms with Crippen molar-refractivity contribution in [2.75, 3.05) is 0 Å². The van der Waals surface area contributed by atoms with Gasteiger partial charge in [0.05, 0.1) is 0 Å². The molecule has 4 nitrogen and oxygen atoms in total. The van der Waals surface area contributed by atoms with Crippen molar-refractivity contribution in [1.29, 1.82) is 0 Å². The quantitative estimate of drug-likeness (QED) is 0.354. The number of halogens is 3. The highest BCUT2D eigenvalue weighted by Crippen LogP contribution is 2.01. The van der Waals surface area contributed by atoms with Gasteiger partial charge < -0.3 is 0 Å². The smallest absolute Gasteiger partial charge is 0.284 e. The molecule has 0 saturated heterocycles. The lowest BCUT2D eigenvalue weighted by molar-refractivity contribution is -0.122. The fraction of sp³-hybridized carbons (Fsp3) is 1.00. The van der Waals surface area contributed by atoms with Crippen LogP contribution >= 0.6 is 0 Å². The molecule has 0 rings (SSSR count). The second kappa shape index (κ2) is 4.68. The summed E-state index contributed by atoms with van der Waals surface area (Å²) in [6, 6.07) is 0. The van der Waals surface area contributed by atoms with E-state index in [9.17, 15) is 13.2 Å². The van der Waals surface area contributed by atoms with E-state index in [4.69, 9.17) is 13.3 Å². The maximum atomic E-state index is 10.1. The van der Waals surface area contributed by atoms with Crippen LogP contribution in [0.3, 0.4) is 0 Å². The van der Waals surface area contributed by atoms with Gasteiger partial charge in [-0.1, -0.05) is 0 Å². The van der Waals surface area contributed by atoms with E-state index in [1.165, 1.54) is 0 Å². The van der Waals surface area contributed by atoms with E-state index in [0.29, 0.717) is 0 Å². The van der Waals surface area contributed by atoms with Crippen LogP contribution in [-0.4, -0.2) is 19.6 Å². The van der Waals surface area contributed by atoms with Gasteiger partial charge in [-0.05, 0) is 0 Å². The summed E-state index contributed by atoms with van der Waals surface area (Å²) in [5.41, 5.74) is 3.35. The van der Waals surface area contributed by atoms with Gasteiger partial charge >= 0.3 is 6.30 Å². The Labute approximate surface area is 51.0 Å². The first-order valence-corrected chi connectivity index (χ1v) is 2.45. The molecule has 0 heterocycles. The van der Waals surface area contributed by atoms with Crippen LogP contribution in [0.25, 0.3) is 0 Å². The molecule has 0 bridgehead atoms. The molecule has 0 spiro atoms. The van der Waals surface area contributed by atoms with Crippen molar-refractivity contribution in [2.24, 2.45) is 5.73 Å². The molecule has 58 valence electrons. The number of alkyl halides is 3. The molecule has 4 N–H and O–H groups in total. The maximum absolute atomic E-state index is 10.1. The summed E-state index contributed by atoms with van der Waals surface area (Å²) in [5, 5.41) is 0. The number of nitrogens with two attached hydrogens (primary N) is 1. The lowest BCUT2D eigenvalue weighted by atomic mass is 11.3. The van der Waals surface area contributed by atoms with Crippen molar-refractivity contribution in [1.82, 2.24) is 0 Å². The molecule has 0 aromatic heterocycles. The predicted molar refractivity (Wildman–Crippen MR) is 23.6 cm³/mol. The second-order valence-electron chi connectivity index (χ2n) is 0.772. The van der Waals surface area contributed by atoms with Crippen LogP contribution in [0, 0.1) is 0 Å². The molecule has 0 aliphatic heterocycles. The number of rotatable bonds is 0. The molecular weight excluding hydrogens is 163 g/mol. The summed E-state index contributed by atoms with van der Waals surface area (Å²) in [7, 11) is 0. The molecule has 0 unspecified atom stereocenters. The third-order valence-electron chi connectivity index (χ3n) is 0. The van der Waals surface area contributed by atoms with Crippen molar-refractivity contribution >= 4 is 11.4 Å². The van der Waals surface area contributed by atoms with Gasteiger partial charge in [-0.3, -0.25) is 9.11 Å². The highest BCUT2D eigenvalue weighted by molar-refractivity contribution is 7.73. The Hall–Kier alpha value is -0.180. The van der Waals surface area contributed by atoms with Gasteiger partial charge in [0.1, 0.15) is 0 Å². The topological polar surface area (TPSA) is 83.6 Å². The van der Waals surface area contributed by atoms with E-state index in [0.717, 1.165) is 0 Å². The third-order valence-corrected chi connectivity index (χ3v) is 0. The van der Waals surface area contributed by atoms with Crippen LogP contribution in [0.1, 0.15) is 0 Å². The molecule has 0 aromatic rings. The van der Waals surface area contributed by atoms with E-state index in [-0.39, 0.29) is 0 Å². The first-order chi connectivity index (χ1) is 3.73. The minimum Gasteiger partial charge on any atom is -0.284 e. The minimum atomic E-state index is -4.50. The molecule has 0 saturated carbocycles. The average molecular weight is 167 g/mol. The summed E-state index contributed by atoms with van der Waals surface area (Å²) in [5.74, 6) is 0. The van der Waals surface area contributed by atoms with Crippen molar-refractivity contribution in [3.8, 4) is 0 Å². The summed E-state index contributed by atoms with van der Waals surface area (Å²) >= 11 is -2.61. The first kappa shape index (κ1) is 11.6. The second-order valence-corrected chi connectivity index (χ2v) is 1.23. The van der Waals surface area contributed by atoms with Gasteiger partial charge in [0.25, 0.3) is 11.4 Å². The molecule has 0 amide bonds. The van der Waals surface area contributed by atoms with Crippen molar-refractivity contribution < 1.29 is 26.5 Å². The molecule has 0 aliphatic rings. The van der Waals surface area contributed by atoms with E-state index in [1.807, 2.05) is 0 Å². The highest BCUT2D eigenvalue weighted by Gasteiger charge is 2.16. The van der Waals surface area contributed by atoms with Gasteiger partial charge in [0.2, 0.25) is 0 Å². The maximum Gasteiger partial charge on any atom is 0.454 e. The van der Waals surface area contributed by atoms with Crippen LogP contribution in [0.4, 0.5) is 13.2 Å². The van der Waals surface area contributed by atoms with Gasteiger partial charge in [0.15, 0.2) is 0 Å². The molecule has 9 heavy (non-hydrogen) atoms. The highest BCUT2D eigenvalue weighted by atomic mass is 32.2. The fourth-order valence-electron chi connectivity index (χ4n) is 0. The molecule has 0 atom stereocenters. The number of hydrogen-bond acceptors (Lipinski definition) is 2. The van der Waals surface area contributed by atoms with Crippen LogP contribution < -0.4 is 5.73 Å². The predicted octanol–water partition coefficient (Wildman–Crippen LogP) is 0.146. The Kier molecular flexibility index (Phi) is 6.02. The van der Waals surface area contributed by atoms with Crippen LogP contribution in [0.2, 0.25) is 0 Å².